The van der Waals surface area contributed by atoms with E-state index in [2.05, 4.69) is 0 Å². The molecule has 0 bridgehead atoms. The Balaban J connectivity index is 2.07. The Kier molecular flexibility index (Phi) is 4.30. The lowest BCUT2D eigenvalue weighted by Gasteiger charge is -2.41. The molecule has 22 heavy (non-hydrogen) atoms. The summed E-state index contributed by atoms with van der Waals surface area (Å²) in [6.07, 6.45) is 2.17. The zero-order valence-corrected chi connectivity index (χ0v) is 13.0. The molecule has 2 aliphatic rings. The van der Waals surface area contributed by atoms with E-state index in [0.29, 0.717) is 25.8 Å². The molecule has 1 aliphatic heterocycles. The minimum Gasteiger partial charge on any atom is -0.333 e. The van der Waals surface area contributed by atoms with Crippen molar-refractivity contribution in [1.29, 1.82) is 0 Å². The van der Waals surface area contributed by atoms with Crippen LogP contribution >= 0.6 is 11.6 Å². The molecule has 0 aromatic heterocycles. The second kappa shape index (κ2) is 6.21. The first-order valence-corrected chi connectivity index (χ1v) is 8.15. The van der Waals surface area contributed by atoms with E-state index in [1.54, 1.807) is 4.90 Å². The van der Waals surface area contributed by atoms with Crippen molar-refractivity contribution >= 4 is 29.1 Å². The summed E-state index contributed by atoms with van der Waals surface area (Å²) in [7, 11) is 0. The number of alkyl halides is 1. The van der Waals surface area contributed by atoms with Crippen molar-refractivity contribution in [2.45, 2.75) is 31.7 Å². The van der Waals surface area contributed by atoms with Gasteiger partial charge in [0.2, 0.25) is 5.91 Å². The number of amides is 1. The molecule has 1 saturated carbocycles. The third-order valence-corrected chi connectivity index (χ3v) is 4.85. The molecule has 116 valence electrons. The van der Waals surface area contributed by atoms with E-state index in [-0.39, 0.29) is 23.4 Å². The van der Waals surface area contributed by atoms with Gasteiger partial charge in [-0.05, 0) is 24.0 Å². The first kappa shape index (κ1) is 15.2. The molecule has 0 spiro atoms. The summed E-state index contributed by atoms with van der Waals surface area (Å²) >= 11 is 5.73. The predicted molar refractivity (Wildman–Crippen MR) is 82.7 cm³/mol. The Labute approximate surface area is 134 Å². The van der Waals surface area contributed by atoms with E-state index < -0.39 is 12.0 Å². The summed E-state index contributed by atoms with van der Waals surface area (Å²) in [6.45, 7) is 0.504. The first-order chi connectivity index (χ1) is 10.6. The average molecular weight is 320 g/mol. The van der Waals surface area contributed by atoms with E-state index in [0.717, 1.165) is 17.5 Å². The van der Waals surface area contributed by atoms with Gasteiger partial charge in [0.15, 0.2) is 0 Å². The number of hydrogen-bond acceptors (Lipinski definition) is 3. The highest BCUT2D eigenvalue weighted by Gasteiger charge is 2.43. The largest absolute Gasteiger partial charge is 0.333 e. The van der Waals surface area contributed by atoms with Crippen LogP contribution in [0.5, 0.6) is 0 Å². The summed E-state index contributed by atoms with van der Waals surface area (Å²) in [6, 6.07) is 7.26. The van der Waals surface area contributed by atoms with E-state index >= 15 is 0 Å². The number of ketones is 2. The summed E-state index contributed by atoms with van der Waals surface area (Å²) < 4.78 is 0. The molecule has 0 unspecified atom stereocenters. The number of nitrogens with zero attached hydrogens (tertiary/aromatic N) is 1. The van der Waals surface area contributed by atoms with Crippen molar-refractivity contribution < 1.29 is 14.4 Å². The monoisotopic (exact) mass is 319 g/mol. The maximum absolute atomic E-state index is 12.4. The standard InChI is InChI=1S/C17H18ClNO3/c18-10-15(22)19-9-8-11-4-1-2-5-12(11)17(19)16-13(20)6-3-7-14(16)21/h1-2,4-5,16-17H,3,6-10H2/t17-/m1/s1. The lowest BCUT2D eigenvalue weighted by atomic mass is 9.75. The summed E-state index contributed by atoms with van der Waals surface area (Å²) in [5, 5.41) is 0. The molecule has 1 atom stereocenters. The number of carbonyl (C=O) groups is 3. The van der Waals surface area contributed by atoms with Crippen LogP contribution in [0.25, 0.3) is 0 Å². The van der Waals surface area contributed by atoms with Gasteiger partial charge in [-0.3, -0.25) is 14.4 Å². The molecule has 1 heterocycles. The van der Waals surface area contributed by atoms with Gasteiger partial charge >= 0.3 is 0 Å². The molecule has 4 nitrogen and oxygen atoms in total. The molecule has 5 heteroatoms. The Morgan fingerprint density at radius 2 is 1.82 bits per heavy atom. The molecule has 1 fully saturated rings. The van der Waals surface area contributed by atoms with Crippen molar-refractivity contribution in [2.75, 3.05) is 12.4 Å². The third kappa shape index (κ3) is 2.56. The van der Waals surface area contributed by atoms with Gasteiger partial charge in [0.1, 0.15) is 23.4 Å². The molecule has 0 radical (unpaired) electrons. The van der Waals surface area contributed by atoms with E-state index in [1.807, 2.05) is 24.3 Å². The van der Waals surface area contributed by atoms with Crippen LogP contribution in [0.2, 0.25) is 0 Å². The van der Waals surface area contributed by atoms with Crippen molar-refractivity contribution in [3.8, 4) is 0 Å². The van der Waals surface area contributed by atoms with Crippen molar-refractivity contribution in [3.05, 3.63) is 35.4 Å². The zero-order valence-electron chi connectivity index (χ0n) is 12.3. The van der Waals surface area contributed by atoms with Crippen molar-refractivity contribution in [1.82, 2.24) is 4.90 Å². The fourth-order valence-corrected chi connectivity index (χ4v) is 3.75. The fraction of sp³-hybridized carbons (Fsp3) is 0.471. The molecule has 3 rings (SSSR count). The minimum absolute atomic E-state index is 0.0506. The number of Topliss-reactive ketones (excluding diaryl/α,β-unsaturated/α-hetero) is 2. The average Bonchev–Trinajstić information content (AvgIpc) is 2.54. The molecule has 0 N–H and O–H groups in total. The van der Waals surface area contributed by atoms with Gasteiger partial charge in [-0.25, -0.2) is 0 Å². The molecule has 1 aromatic carbocycles. The highest BCUT2D eigenvalue weighted by atomic mass is 35.5. The topological polar surface area (TPSA) is 54.5 Å². The summed E-state index contributed by atoms with van der Waals surface area (Å²) in [5.41, 5.74) is 2.03. The maximum Gasteiger partial charge on any atom is 0.238 e. The van der Waals surface area contributed by atoms with Gasteiger partial charge in [-0.15, -0.1) is 11.6 Å². The smallest absolute Gasteiger partial charge is 0.238 e. The summed E-state index contributed by atoms with van der Waals surface area (Å²) in [5.74, 6) is -1.18. The van der Waals surface area contributed by atoms with Gasteiger partial charge < -0.3 is 4.90 Å². The summed E-state index contributed by atoms with van der Waals surface area (Å²) in [4.78, 5) is 38.6. The number of halogens is 1. The Hall–Kier alpha value is -1.68. The van der Waals surface area contributed by atoms with Crippen LogP contribution in [0.3, 0.4) is 0 Å². The van der Waals surface area contributed by atoms with Crippen LogP contribution in [0.1, 0.15) is 36.4 Å². The van der Waals surface area contributed by atoms with Gasteiger partial charge in [0.05, 0.1) is 6.04 Å². The first-order valence-electron chi connectivity index (χ1n) is 7.62. The van der Waals surface area contributed by atoms with Crippen LogP contribution in [0.4, 0.5) is 0 Å². The number of carbonyl (C=O) groups excluding carboxylic acids is 3. The lowest BCUT2D eigenvalue weighted by molar-refractivity contribution is -0.142. The second-order valence-electron chi connectivity index (χ2n) is 5.88. The van der Waals surface area contributed by atoms with Gasteiger partial charge in [0, 0.05) is 19.4 Å². The normalized spacial score (nSPS) is 22.6. The Bertz CT molecular complexity index is 612. The quantitative estimate of drug-likeness (QED) is 0.621. The highest BCUT2D eigenvalue weighted by molar-refractivity contribution is 6.27. The zero-order chi connectivity index (χ0) is 15.7. The number of hydrogen-bond donors (Lipinski definition) is 0. The third-order valence-electron chi connectivity index (χ3n) is 4.62. The molecular formula is C17H18ClNO3. The van der Waals surface area contributed by atoms with Crippen LogP contribution < -0.4 is 0 Å². The molecular weight excluding hydrogens is 302 g/mol. The van der Waals surface area contributed by atoms with E-state index in [9.17, 15) is 14.4 Å². The van der Waals surface area contributed by atoms with Gasteiger partial charge in [-0.1, -0.05) is 24.3 Å². The van der Waals surface area contributed by atoms with Gasteiger partial charge in [-0.2, -0.15) is 0 Å². The van der Waals surface area contributed by atoms with Crippen LogP contribution in [-0.2, 0) is 20.8 Å². The molecule has 1 amide bonds. The van der Waals surface area contributed by atoms with E-state index in [1.165, 1.54) is 0 Å². The number of fused-ring (bicyclic) bond motifs is 1. The van der Waals surface area contributed by atoms with Crippen molar-refractivity contribution in [2.24, 2.45) is 5.92 Å². The molecule has 1 aliphatic carbocycles. The predicted octanol–water partition coefficient (Wildman–Crippen LogP) is 2.29. The molecule has 0 saturated heterocycles. The van der Waals surface area contributed by atoms with Crippen LogP contribution in [0.15, 0.2) is 24.3 Å². The van der Waals surface area contributed by atoms with Crippen LogP contribution in [-0.4, -0.2) is 34.8 Å². The fourth-order valence-electron chi connectivity index (χ4n) is 3.59. The Morgan fingerprint density at radius 3 is 2.50 bits per heavy atom. The Morgan fingerprint density at radius 1 is 1.14 bits per heavy atom. The van der Waals surface area contributed by atoms with Gasteiger partial charge in [0.25, 0.3) is 0 Å². The van der Waals surface area contributed by atoms with Crippen LogP contribution in [0, 0.1) is 5.92 Å². The highest BCUT2D eigenvalue weighted by Crippen LogP contribution is 2.39. The minimum atomic E-state index is -0.734. The SMILES string of the molecule is O=C1CCCC(=O)C1[C@H]1c2ccccc2CCN1C(=O)CCl. The molecule has 1 aromatic rings. The second-order valence-corrected chi connectivity index (χ2v) is 6.15. The van der Waals surface area contributed by atoms with Crippen molar-refractivity contribution in [3.63, 3.8) is 0 Å². The number of benzene rings is 1. The number of rotatable bonds is 2. The lowest BCUT2D eigenvalue weighted by Crippen LogP contribution is -2.48. The van der Waals surface area contributed by atoms with E-state index in [4.69, 9.17) is 11.6 Å². The maximum atomic E-state index is 12.4.